The van der Waals surface area contributed by atoms with Gasteiger partial charge in [-0.15, -0.1) is 0 Å². The quantitative estimate of drug-likeness (QED) is 0.701. The third-order valence-electron chi connectivity index (χ3n) is 3.51. The maximum absolute atomic E-state index is 12.4. The van der Waals surface area contributed by atoms with Crippen LogP contribution in [0.25, 0.3) is 0 Å². The molecule has 2 heterocycles. The molecule has 1 fully saturated rings. The van der Waals surface area contributed by atoms with Crippen LogP contribution in [0.3, 0.4) is 0 Å². The third-order valence-corrected chi connectivity index (χ3v) is 3.51. The van der Waals surface area contributed by atoms with Gasteiger partial charge in [0, 0.05) is 13.0 Å². The Morgan fingerprint density at radius 2 is 2.17 bits per heavy atom. The average molecular weight is 246 g/mol. The van der Waals surface area contributed by atoms with Gasteiger partial charge in [-0.2, -0.15) is 0 Å². The van der Waals surface area contributed by atoms with E-state index >= 15 is 0 Å². The molecule has 0 spiro atoms. The lowest BCUT2D eigenvalue weighted by Crippen LogP contribution is -2.40. The highest BCUT2D eigenvalue weighted by atomic mass is 16.3. The van der Waals surface area contributed by atoms with E-state index < -0.39 is 12.1 Å². The molecular formula is C13H14N2O3. The zero-order valence-corrected chi connectivity index (χ0v) is 10.0. The van der Waals surface area contributed by atoms with E-state index in [1.807, 2.05) is 13.0 Å². The largest absolute Gasteiger partial charge is 0.391 e. The van der Waals surface area contributed by atoms with Crippen molar-refractivity contribution in [2.24, 2.45) is 0 Å². The molecule has 2 N–H and O–H groups in total. The predicted molar refractivity (Wildman–Crippen MR) is 65.3 cm³/mol. The van der Waals surface area contributed by atoms with Gasteiger partial charge in [0.1, 0.15) is 6.04 Å². The number of benzene rings is 1. The average Bonchev–Trinajstić information content (AvgIpc) is 2.69. The number of aliphatic hydroxyl groups excluding tert-OH is 1. The van der Waals surface area contributed by atoms with Crippen LogP contribution in [0.15, 0.2) is 18.2 Å². The van der Waals surface area contributed by atoms with Gasteiger partial charge in [-0.25, -0.2) is 0 Å². The number of nitrogens with one attached hydrogen (secondary N) is 1. The third kappa shape index (κ3) is 1.59. The van der Waals surface area contributed by atoms with Crippen LogP contribution < -0.4 is 5.32 Å². The summed E-state index contributed by atoms with van der Waals surface area (Å²) < 4.78 is 0. The first kappa shape index (κ1) is 11.2. The Balaban J connectivity index is 2.09. The number of nitrogens with zero attached hydrogens (tertiary/aromatic N) is 1. The second-order valence-corrected chi connectivity index (χ2v) is 4.90. The summed E-state index contributed by atoms with van der Waals surface area (Å²) in [5.74, 6) is -0.406. The number of rotatable bonds is 0. The molecule has 2 aliphatic heterocycles. The summed E-state index contributed by atoms with van der Waals surface area (Å²) in [4.78, 5) is 25.9. The van der Waals surface area contributed by atoms with Gasteiger partial charge in [-0.3, -0.25) is 9.59 Å². The van der Waals surface area contributed by atoms with Gasteiger partial charge in [-0.05, 0) is 19.1 Å². The minimum Gasteiger partial charge on any atom is -0.391 e. The van der Waals surface area contributed by atoms with Crippen molar-refractivity contribution < 1.29 is 14.7 Å². The van der Waals surface area contributed by atoms with Gasteiger partial charge in [0.05, 0.1) is 17.4 Å². The minimum atomic E-state index is -0.615. The van der Waals surface area contributed by atoms with Crippen molar-refractivity contribution in [1.82, 2.24) is 4.90 Å². The zero-order chi connectivity index (χ0) is 12.9. The minimum absolute atomic E-state index is 0.186. The van der Waals surface area contributed by atoms with Crippen molar-refractivity contribution in [3.05, 3.63) is 29.3 Å². The molecule has 0 bridgehead atoms. The predicted octanol–water partition coefficient (Wildman–Crippen LogP) is 0.523. The molecule has 3 rings (SSSR count). The second kappa shape index (κ2) is 3.81. The number of hydrogen-bond donors (Lipinski definition) is 2. The van der Waals surface area contributed by atoms with Crippen LogP contribution >= 0.6 is 0 Å². The molecule has 5 heteroatoms. The molecule has 1 saturated heterocycles. The number of anilines is 1. The van der Waals surface area contributed by atoms with Crippen molar-refractivity contribution in [2.45, 2.75) is 25.5 Å². The summed E-state index contributed by atoms with van der Waals surface area (Å²) >= 11 is 0. The number of aryl methyl sites for hydroxylation is 1. The fourth-order valence-corrected chi connectivity index (χ4v) is 2.60. The fourth-order valence-electron chi connectivity index (χ4n) is 2.60. The molecule has 2 amide bonds. The Morgan fingerprint density at radius 3 is 2.94 bits per heavy atom. The lowest BCUT2D eigenvalue weighted by atomic mass is 10.1. The number of aliphatic hydroxyl groups is 1. The molecule has 5 nitrogen and oxygen atoms in total. The van der Waals surface area contributed by atoms with Crippen LogP contribution in [-0.2, 0) is 4.79 Å². The van der Waals surface area contributed by atoms with Crippen LogP contribution in [0, 0.1) is 6.92 Å². The van der Waals surface area contributed by atoms with Crippen LogP contribution in [0.2, 0.25) is 0 Å². The first-order valence-electron chi connectivity index (χ1n) is 5.97. The molecule has 2 aliphatic rings. The van der Waals surface area contributed by atoms with Crippen molar-refractivity contribution in [3.63, 3.8) is 0 Å². The standard InChI is InChI=1S/C13H14N2O3/c1-7-2-3-10-9(4-7)13(18)15-6-8(16)5-11(15)12(17)14-10/h2-4,8,11,16H,5-6H2,1H3,(H,14,17)/t8-,11?/m1/s1. The maximum Gasteiger partial charge on any atom is 0.256 e. The summed E-state index contributed by atoms with van der Waals surface area (Å²) in [7, 11) is 0. The van der Waals surface area contributed by atoms with E-state index in [0.29, 0.717) is 17.7 Å². The molecule has 1 aromatic rings. The van der Waals surface area contributed by atoms with Gasteiger partial charge < -0.3 is 15.3 Å². The van der Waals surface area contributed by atoms with E-state index in [1.165, 1.54) is 4.90 Å². The summed E-state index contributed by atoms with van der Waals surface area (Å²) in [5.41, 5.74) is 2.02. The topological polar surface area (TPSA) is 69.6 Å². The molecule has 0 aromatic heterocycles. The molecule has 1 unspecified atom stereocenters. The highest BCUT2D eigenvalue weighted by Crippen LogP contribution is 2.29. The van der Waals surface area contributed by atoms with Gasteiger partial charge in [0.2, 0.25) is 5.91 Å². The number of carbonyl (C=O) groups excluding carboxylic acids is 2. The van der Waals surface area contributed by atoms with Gasteiger partial charge in [0.25, 0.3) is 5.91 Å². The molecule has 94 valence electrons. The molecule has 2 atom stereocenters. The van der Waals surface area contributed by atoms with Crippen molar-refractivity contribution in [3.8, 4) is 0 Å². The van der Waals surface area contributed by atoms with Crippen LogP contribution in [-0.4, -0.2) is 40.5 Å². The highest BCUT2D eigenvalue weighted by molar-refractivity contribution is 6.10. The van der Waals surface area contributed by atoms with Crippen LogP contribution in [0.4, 0.5) is 5.69 Å². The van der Waals surface area contributed by atoms with Crippen LogP contribution in [0.1, 0.15) is 22.3 Å². The van der Waals surface area contributed by atoms with Crippen molar-refractivity contribution in [1.29, 1.82) is 0 Å². The van der Waals surface area contributed by atoms with E-state index in [-0.39, 0.29) is 18.4 Å². The first-order chi connectivity index (χ1) is 8.56. The zero-order valence-electron chi connectivity index (χ0n) is 10.0. The van der Waals surface area contributed by atoms with Gasteiger partial charge in [-0.1, -0.05) is 11.6 Å². The molecule has 1 aromatic carbocycles. The first-order valence-corrected chi connectivity index (χ1v) is 5.97. The molecule has 0 radical (unpaired) electrons. The lowest BCUT2D eigenvalue weighted by Gasteiger charge is -2.19. The monoisotopic (exact) mass is 246 g/mol. The van der Waals surface area contributed by atoms with Gasteiger partial charge >= 0.3 is 0 Å². The molecule has 18 heavy (non-hydrogen) atoms. The van der Waals surface area contributed by atoms with Crippen molar-refractivity contribution in [2.75, 3.05) is 11.9 Å². The van der Waals surface area contributed by atoms with Gasteiger partial charge in [0.15, 0.2) is 0 Å². The van der Waals surface area contributed by atoms with E-state index in [9.17, 15) is 14.7 Å². The molecular weight excluding hydrogens is 232 g/mol. The Morgan fingerprint density at radius 1 is 1.39 bits per heavy atom. The summed E-state index contributed by atoms with van der Waals surface area (Å²) in [5, 5.41) is 12.4. The maximum atomic E-state index is 12.4. The summed E-state index contributed by atoms with van der Waals surface area (Å²) in [6, 6.07) is 4.82. The Labute approximate surface area is 104 Å². The summed E-state index contributed by atoms with van der Waals surface area (Å²) in [6.45, 7) is 2.13. The second-order valence-electron chi connectivity index (χ2n) is 4.90. The molecule has 0 aliphatic carbocycles. The smallest absolute Gasteiger partial charge is 0.256 e. The van der Waals surface area contributed by atoms with Crippen LogP contribution in [0.5, 0.6) is 0 Å². The fraction of sp³-hybridized carbons (Fsp3) is 0.385. The SMILES string of the molecule is Cc1ccc2c(c1)C(=O)N1C[C@H](O)CC1C(=O)N2. The Hall–Kier alpha value is -1.88. The number of carbonyl (C=O) groups is 2. The Bertz CT molecular complexity index is 541. The molecule has 0 saturated carbocycles. The number of hydrogen-bond acceptors (Lipinski definition) is 3. The highest BCUT2D eigenvalue weighted by Gasteiger charge is 2.42. The Kier molecular flexibility index (Phi) is 2.38. The summed E-state index contributed by atoms with van der Waals surface area (Å²) in [6.07, 6.45) is -0.305. The van der Waals surface area contributed by atoms with E-state index in [2.05, 4.69) is 5.32 Å². The van der Waals surface area contributed by atoms with E-state index in [4.69, 9.17) is 0 Å². The van der Waals surface area contributed by atoms with Crippen molar-refractivity contribution >= 4 is 17.5 Å². The van der Waals surface area contributed by atoms with E-state index in [1.54, 1.807) is 12.1 Å². The lowest BCUT2D eigenvalue weighted by molar-refractivity contribution is -0.119. The van der Waals surface area contributed by atoms with E-state index in [0.717, 1.165) is 5.56 Å². The normalized spacial score (nSPS) is 26.4. The number of fused-ring (bicyclic) bond motifs is 2. The number of amides is 2.